The number of nitro benzene ring substituents is 1. The Kier molecular flexibility index (Phi) is 5.22. The first-order chi connectivity index (χ1) is 11.6. The Labute approximate surface area is 146 Å². The lowest BCUT2D eigenvalue weighted by atomic mass is 9.87. The molecule has 7 nitrogen and oxygen atoms in total. The highest BCUT2D eigenvalue weighted by atomic mass is 32.2. The van der Waals surface area contributed by atoms with E-state index in [0.29, 0.717) is 0 Å². The fourth-order valence-corrected chi connectivity index (χ4v) is 2.89. The van der Waals surface area contributed by atoms with Gasteiger partial charge in [-0.3, -0.25) is 10.1 Å². The van der Waals surface area contributed by atoms with Gasteiger partial charge in [0.2, 0.25) is 0 Å². The fraction of sp³-hybridized carbons (Fsp3) is 0.235. The minimum absolute atomic E-state index is 0.0271. The van der Waals surface area contributed by atoms with Crippen LogP contribution in [0.25, 0.3) is 0 Å². The fourth-order valence-electron chi connectivity index (χ4n) is 2.06. The summed E-state index contributed by atoms with van der Waals surface area (Å²) in [5.74, 6) is 0. The maximum absolute atomic E-state index is 12.1. The Morgan fingerprint density at radius 3 is 2.32 bits per heavy atom. The predicted molar refractivity (Wildman–Crippen MR) is 96.2 cm³/mol. The first-order valence-electron chi connectivity index (χ1n) is 7.49. The van der Waals surface area contributed by atoms with Gasteiger partial charge in [0.25, 0.3) is 15.7 Å². The molecule has 0 aromatic heterocycles. The zero-order valence-corrected chi connectivity index (χ0v) is 14.9. The standard InChI is InChI=1S/C17H19N3O4S/c1-17(2,3)14-9-7-13(8-10-14)12-18-19-25(23,24)16-6-4-5-15(11-16)20(21)22/h4-12,19H,1-3H3/b18-12+. The highest BCUT2D eigenvalue weighted by molar-refractivity contribution is 7.89. The largest absolute Gasteiger partial charge is 0.276 e. The van der Waals surface area contributed by atoms with Crippen LogP contribution in [0.3, 0.4) is 0 Å². The van der Waals surface area contributed by atoms with E-state index in [1.807, 2.05) is 24.3 Å². The monoisotopic (exact) mass is 361 g/mol. The minimum Gasteiger partial charge on any atom is -0.258 e. The van der Waals surface area contributed by atoms with Crippen molar-refractivity contribution in [2.45, 2.75) is 31.1 Å². The Hall–Kier alpha value is -2.74. The molecule has 0 heterocycles. The van der Waals surface area contributed by atoms with Gasteiger partial charge in [0, 0.05) is 12.1 Å². The second-order valence-corrected chi connectivity index (χ2v) is 8.14. The number of nitrogens with one attached hydrogen (secondary N) is 1. The quantitative estimate of drug-likeness (QED) is 0.502. The first-order valence-corrected chi connectivity index (χ1v) is 8.98. The van der Waals surface area contributed by atoms with Crippen LogP contribution in [0.4, 0.5) is 5.69 Å². The van der Waals surface area contributed by atoms with Crippen molar-refractivity contribution >= 4 is 21.9 Å². The number of benzene rings is 2. The summed E-state index contributed by atoms with van der Waals surface area (Å²) in [5, 5.41) is 14.5. The molecule has 8 heteroatoms. The van der Waals surface area contributed by atoms with Crippen molar-refractivity contribution in [1.82, 2.24) is 4.83 Å². The summed E-state index contributed by atoms with van der Waals surface area (Å²) in [6.45, 7) is 6.30. The zero-order valence-electron chi connectivity index (χ0n) is 14.1. The average molecular weight is 361 g/mol. The lowest BCUT2D eigenvalue weighted by molar-refractivity contribution is -0.385. The van der Waals surface area contributed by atoms with Gasteiger partial charge in [-0.2, -0.15) is 13.5 Å². The average Bonchev–Trinajstić information content (AvgIpc) is 2.54. The molecule has 132 valence electrons. The third-order valence-electron chi connectivity index (χ3n) is 3.50. The Balaban J connectivity index is 2.13. The van der Waals surface area contributed by atoms with Gasteiger partial charge < -0.3 is 0 Å². The highest BCUT2D eigenvalue weighted by Crippen LogP contribution is 2.22. The predicted octanol–water partition coefficient (Wildman–Crippen LogP) is 3.20. The molecule has 0 aliphatic heterocycles. The van der Waals surface area contributed by atoms with Crippen LogP contribution in [0.5, 0.6) is 0 Å². The van der Waals surface area contributed by atoms with E-state index in [1.165, 1.54) is 24.4 Å². The van der Waals surface area contributed by atoms with Crippen molar-refractivity contribution < 1.29 is 13.3 Å². The molecule has 0 saturated carbocycles. The summed E-state index contributed by atoms with van der Waals surface area (Å²) in [6.07, 6.45) is 1.38. The highest BCUT2D eigenvalue weighted by Gasteiger charge is 2.16. The number of hydrogen-bond donors (Lipinski definition) is 1. The van der Waals surface area contributed by atoms with Crippen LogP contribution in [0.2, 0.25) is 0 Å². The summed E-state index contributed by atoms with van der Waals surface area (Å²) >= 11 is 0. The Morgan fingerprint density at radius 1 is 1.12 bits per heavy atom. The second kappa shape index (κ2) is 7.02. The van der Waals surface area contributed by atoms with Gasteiger partial charge in [-0.15, -0.1) is 0 Å². The van der Waals surface area contributed by atoms with Crippen LogP contribution in [0.15, 0.2) is 58.5 Å². The Bertz CT molecular complexity index is 898. The van der Waals surface area contributed by atoms with Gasteiger partial charge in [-0.25, -0.2) is 4.83 Å². The number of hydrogen-bond acceptors (Lipinski definition) is 5. The molecule has 0 unspecified atom stereocenters. The van der Waals surface area contributed by atoms with Crippen molar-refractivity contribution in [2.24, 2.45) is 5.10 Å². The van der Waals surface area contributed by atoms with E-state index < -0.39 is 14.9 Å². The third-order valence-corrected chi connectivity index (χ3v) is 4.72. The molecule has 0 amide bonds. The normalized spacial score (nSPS) is 12.3. The molecular formula is C17H19N3O4S. The third kappa shape index (κ3) is 4.87. The lowest BCUT2D eigenvalue weighted by Crippen LogP contribution is -2.18. The van der Waals surface area contributed by atoms with E-state index >= 15 is 0 Å². The number of hydrazone groups is 1. The van der Waals surface area contributed by atoms with Gasteiger partial charge in [0.05, 0.1) is 16.0 Å². The number of rotatable bonds is 5. The maximum atomic E-state index is 12.1. The number of nitrogens with zero attached hydrogens (tertiary/aromatic N) is 2. The van der Waals surface area contributed by atoms with Gasteiger partial charge in [-0.05, 0) is 22.6 Å². The van der Waals surface area contributed by atoms with Crippen molar-refractivity contribution in [1.29, 1.82) is 0 Å². The SMILES string of the molecule is CC(C)(C)c1ccc(/C=N/NS(=O)(=O)c2cccc([N+](=O)[O-])c2)cc1. The molecule has 0 saturated heterocycles. The van der Waals surface area contributed by atoms with Crippen LogP contribution in [0.1, 0.15) is 31.9 Å². The minimum atomic E-state index is -3.97. The Morgan fingerprint density at radius 2 is 1.76 bits per heavy atom. The van der Waals surface area contributed by atoms with Gasteiger partial charge >= 0.3 is 0 Å². The number of sulfonamides is 1. The second-order valence-electron chi connectivity index (χ2n) is 6.48. The van der Waals surface area contributed by atoms with Crippen molar-refractivity contribution in [3.05, 3.63) is 69.8 Å². The van der Waals surface area contributed by atoms with E-state index in [0.717, 1.165) is 17.2 Å². The molecule has 25 heavy (non-hydrogen) atoms. The molecule has 0 aliphatic carbocycles. The molecule has 0 spiro atoms. The van der Waals surface area contributed by atoms with Crippen LogP contribution >= 0.6 is 0 Å². The van der Waals surface area contributed by atoms with E-state index in [2.05, 4.69) is 30.7 Å². The smallest absolute Gasteiger partial charge is 0.258 e. The molecule has 0 bridgehead atoms. The van der Waals surface area contributed by atoms with E-state index in [9.17, 15) is 18.5 Å². The molecule has 1 N–H and O–H groups in total. The molecule has 2 aromatic rings. The molecule has 2 rings (SSSR count). The summed E-state index contributed by atoms with van der Waals surface area (Å²) in [6, 6.07) is 12.4. The first kappa shape index (κ1) is 18.6. The van der Waals surface area contributed by atoms with Crippen molar-refractivity contribution in [2.75, 3.05) is 0 Å². The molecule has 0 fully saturated rings. The topological polar surface area (TPSA) is 102 Å². The molecule has 0 atom stereocenters. The number of nitro groups is 1. The lowest BCUT2D eigenvalue weighted by Gasteiger charge is -2.18. The van der Waals surface area contributed by atoms with E-state index in [4.69, 9.17) is 0 Å². The van der Waals surface area contributed by atoms with Crippen LogP contribution in [0, 0.1) is 10.1 Å². The zero-order chi connectivity index (χ0) is 18.7. The molecule has 2 aromatic carbocycles. The van der Waals surface area contributed by atoms with Gasteiger partial charge in [-0.1, -0.05) is 51.1 Å². The molecular weight excluding hydrogens is 342 g/mol. The summed E-state index contributed by atoms with van der Waals surface area (Å²) in [7, 11) is -3.97. The summed E-state index contributed by atoms with van der Waals surface area (Å²) in [4.78, 5) is 11.9. The van der Waals surface area contributed by atoms with Gasteiger partial charge in [0.1, 0.15) is 0 Å². The van der Waals surface area contributed by atoms with E-state index in [1.54, 1.807) is 0 Å². The summed E-state index contributed by atoms with van der Waals surface area (Å²) < 4.78 is 24.3. The van der Waals surface area contributed by atoms with Gasteiger partial charge in [0.15, 0.2) is 0 Å². The molecule has 0 aliphatic rings. The maximum Gasteiger partial charge on any atom is 0.276 e. The van der Waals surface area contributed by atoms with Crippen LogP contribution in [-0.4, -0.2) is 19.6 Å². The van der Waals surface area contributed by atoms with Crippen LogP contribution < -0.4 is 4.83 Å². The summed E-state index contributed by atoms with van der Waals surface area (Å²) in [5.41, 5.74) is 1.61. The van der Waals surface area contributed by atoms with Crippen LogP contribution in [-0.2, 0) is 15.4 Å². The van der Waals surface area contributed by atoms with Crippen molar-refractivity contribution in [3.8, 4) is 0 Å². The van der Waals surface area contributed by atoms with E-state index in [-0.39, 0.29) is 16.0 Å². The van der Waals surface area contributed by atoms with Crippen molar-refractivity contribution in [3.63, 3.8) is 0 Å². The molecule has 0 radical (unpaired) electrons. The number of non-ortho nitro benzene ring substituents is 1.